The molecule has 5 heteroatoms. The van der Waals surface area contributed by atoms with Crippen LogP contribution in [0.25, 0.3) is 0 Å². The van der Waals surface area contributed by atoms with Gasteiger partial charge in [0.1, 0.15) is 5.41 Å². The molecular formula is C12H14ClNO3. The van der Waals surface area contributed by atoms with Crippen molar-refractivity contribution in [2.24, 2.45) is 5.41 Å². The smallest absolute Gasteiger partial charge is 0.239 e. The number of carbonyl (C=O) groups excluding carboxylic acids is 1. The summed E-state index contributed by atoms with van der Waals surface area (Å²) in [5.74, 6) is -0.131. The zero-order valence-electron chi connectivity index (χ0n) is 9.52. The molecule has 92 valence electrons. The van der Waals surface area contributed by atoms with Crippen LogP contribution in [0.5, 0.6) is 0 Å². The SMILES string of the molecule is CN(C(=O)C1(CO)COC1)c1ccc(Cl)cc1. The number of hydrogen-bond acceptors (Lipinski definition) is 3. The Hall–Kier alpha value is -1.10. The monoisotopic (exact) mass is 255 g/mol. The van der Waals surface area contributed by atoms with Crippen molar-refractivity contribution in [2.45, 2.75) is 0 Å². The zero-order chi connectivity index (χ0) is 12.5. The molecule has 4 nitrogen and oxygen atoms in total. The van der Waals surface area contributed by atoms with Crippen molar-refractivity contribution >= 4 is 23.2 Å². The van der Waals surface area contributed by atoms with Crippen molar-refractivity contribution in [3.63, 3.8) is 0 Å². The largest absolute Gasteiger partial charge is 0.395 e. The Morgan fingerprint density at radius 3 is 2.47 bits per heavy atom. The minimum Gasteiger partial charge on any atom is -0.395 e. The number of halogens is 1. The summed E-state index contributed by atoms with van der Waals surface area (Å²) in [4.78, 5) is 13.7. The second-order valence-corrected chi connectivity index (χ2v) is 4.71. The molecule has 2 rings (SSSR count). The molecule has 1 saturated heterocycles. The van der Waals surface area contributed by atoms with Gasteiger partial charge in [-0.15, -0.1) is 0 Å². The molecule has 0 atom stereocenters. The van der Waals surface area contributed by atoms with Crippen molar-refractivity contribution in [3.8, 4) is 0 Å². The van der Waals surface area contributed by atoms with Gasteiger partial charge in [0.15, 0.2) is 0 Å². The minimum atomic E-state index is -0.769. The second kappa shape index (κ2) is 4.64. The zero-order valence-corrected chi connectivity index (χ0v) is 10.3. The molecule has 0 aliphatic carbocycles. The first-order chi connectivity index (χ1) is 8.09. The van der Waals surface area contributed by atoms with Crippen LogP contribution in [0, 0.1) is 5.41 Å². The van der Waals surface area contributed by atoms with E-state index in [9.17, 15) is 9.90 Å². The highest BCUT2D eigenvalue weighted by Crippen LogP contribution is 2.31. The highest BCUT2D eigenvalue weighted by molar-refractivity contribution is 6.30. The third kappa shape index (κ3) is 2.16. The number of amides is 1. The van der Waals surface area contributed by atoms with Crippen LogP contribution in [0.1, 0.15) is 0 Å². The highest BCUT2D eigenvalue weighted by atomic mass is 35.5. The maximum atomic E-state index is 12.2. The van der Waals surface area contributed by atoms with Crippen LogP contribution in [0.4, 0.5) is 5.69 Å². The third-order valence-corrected chi connectivity index (χ3v) is 3.28. The molecule has 1 aromatic rings. The van der Waals surface area contributed by atoms with Crippen molar-refractivity contribution < 1.29 is 14.6 Å². The summed E-state index contributed by atoms with van der Waals surface area (Å²) in [7, 11) is 1.68. The summed E-state index contributed by atoms with van der Waals surface area (Å²) in [6, 6.07) is 6.99. The van der Waals surface area contributed by atoms with Gasteiger partial charge in [0.05, 0.1) is 19.8 Å². The van der Waals surface area contributed by atoms with Gasteiger partial charge in [-0.2, -0.15) is 0 Å². The fraction of sp³-hybridized carbons (Fsp3) is 0.417. The highest BCUT2D eigenvalue weighted by Gasteiger charge is 2.47. The van der Waals surface area contributed by atoms with E-state index in [1.54, 1.807) is 31.3 Å². The third-order valence-electron chi connectivity index (χ3n) is 3.03. The van der Waals surface area contributed by atoms with E-state index in [-0.39, 0.29) is 25.7 Å². The molecule has 0 aromatic heterocycles. The number of ether oxygens (including phenoxy) is 1. The van der Waals surface area contributed by atoms with E-state index in [2.05, 4.69) is 0 Å². The van der Waals surface area contributed by atoms with Crippen LogP contribution >= 0.6 is 11.6 Å². The van der Waals surface area contributed by atoms with Gasteiger partial charge in [0, 0.05) is 17.8 Å². The molecule has 1 aromatic carbocycles. The van der Waals surface area contributed by atoms with Crippen molar-refractivity contribution in [1.29, 1.82) is 0 Å². The Morgan fingerprint density at radius 1 is 1.47 bits per heavy atom. The molecule has 1 fully saturated rings. The summed E-state index contributed by atoms with van der Waals surface area (Å²) in [6.45, 7) is 0.365. The van der Waals surface area contributed by atoms with Crippen molar-refractivity contribution in [1.82, 2.24) is 0 Å². The first kappa shape index (κ1) is 12.4. The van der Waals surface area contributed by atoms with Crippen molar-refractivity contribution in [3.05, 3.63) is 29.3 Å². The standard InChI is InChI=1S/C12H14ClNO3/c1-14(10-4-2-9(13)3-5-10)11(16)12(6-15)7-17-8-12/h2-5,15H,6-8H2,1H3. The molecule has 0 unspecified atom stereocenters. The lowest BCUT2D eigenvalue weighted by molar-refractivity contribution is -0.166. The summed E-state index contributed by atoms with van der Waals surface area (Å²) < 4.78 is 5.03. The van der Waals surface area contributed by atoms with E-state index in [4.69, 9.17) is 16.3 Å². The lowest BCUT2D eigenvalue weighted by Crippen LogP contribution is -2.56. The van der Waals surface area contributed by atoms with Crippen LogP contribution in [0.15, 0.2) is 24.3 Å². The second-order valence-electron chi connectivity index (χ2n) is 4.27. The van der Waals surface area contributed by atoms with E-state index in [0.29, 0.717) is 5.02 Å². The maximum absolute atomic E-state index is 12.2. The van der Waals surface area contributed by atoms with Gasteiger partial charge in [0.2, 0.25) is 5.91 Å². The molecule has 0 saturated carbocycles. The van der Waals surface area contributed by atoms with E-state index in [0.717, 1.165) is 5.69 Å². The Balaban J connectivity index is 2.17. The lowest BCUT2D eigenvalue weighted by Gasteiger charge is -2.40. The first-order valence-corrected chi connectivity index (χ1v) is 5.69. The summed E-state index contributed by atoms with van der Waals surface area (Å²) in [5, 5.41) is 9.92. The van der Waals surface area contributed by atoms with Crippen LogP contribution in [0.2, 0.25) is 5.02 Å². The Labute approximate surface area is 105 Å². The number of nitrogens with zero attached hydrogens (tertiary/aromatic N) is 1. The Bertz CT molecular complexity index is 409. The summed E-state index contributed by atoms with van der Waals surface area (Å²) in [6.07, 6.45) is 0. The molecule has 1 aliphatic rings. The lowest BCUT2D eigenvalue weighted by atomic mass is 9.85. The van der Waals surface area contributed by atoms with Gasteiger partial charge in [-0.25, -0.2) is 0 Å². The topological polar surface area (TPSA) is 49.8 Å². The molecule has 1 heterocycles. The molecule has 1 N–H and O–H groups in total. The van der Waals surface area contributed by atoms with Gasteiger partial charge < -0.3 is 14.7 Å². The van der Waals surface area contributed by atoms with Crippen molar-refractivity contribution in [2.75, 3.05) is 31.8 Å². The van der Waals surface area contributed by atoms with Gasteiger partial charge in [-0.1, -0.05) is 11.6 Å². The van der Waals surface area contributed by atoms with Crippen LogP contribution < -0.4 is 4.90 Å². The predicted octanol–water partition coefficient (Wildman–Crippen LogP) is 1.31. The van der Waals surface area contributed by atoms with Gasteiger partial charge in [-0.05, 0) is 24.3 Å². The van der Waals surface area contributed by atoms with Crippen LogP contribution in [0.3, 0.4) is 0 Å². The Morgan fingerprint density at radius 2 is 2.06 bits per heavy atom. The average molecular weight is 256 g/mol. The first-order valence-electron chi connectivity index (χ1n) is 5.31. The van der Waals surface area contributed by atoms with E-state index < -0.39 is 5.41 Å². The van der Waals surface area contributed by atoms with Gasteiger partial charge >= 0.3 is 0 Å². The quantitative estimate of drug-likeness (QED) is 0.886. The van der Waals surface area contributed by atoms with E-state index >= 15 is 0 Å². The number of anilines is 1. The number of aliphatic hydroxyl groups is 1. The van der Waals surface area contributed by atoms with E-state index in [1.165, 1.54) is 4.90 Å². The number of rotatable bonds is 3. The number of hydrogen-bond donors (Lipinski definition) is 1. The fourth-order valence-corrected chi connectivity index (χ4v) is 1.89. The minimum absolute atomic E-state index is 0.131. The molecule has 0 bridgehead atoms. The predicted molar refractivity (Wildman–Crippen MR) is 65.2 cm³/mol. The average Bonchev–Trinajstić information content (AvgIpc) is 2.28. The molecule has 1 aliphatic heterocycles. The van der Waals surface area contributed by atoms with Gasteiger partial charge in [-0.3, -0.25) is 4.79 Å². The van der Waals surface area contributed by atoms with Crippen LogP contribution in [-0.4, -0.2) is 37.9 Å². The van der Waals surface area contributed by atoms with Gasteiger partial charge in [0.25, 0.3) is 0 Å². The molecule has 17 heavy (non-hydrogen) atoms. The Kier molecular flexibility index (Phi) is 3.38. The maximum Gasteiger partial charge on any atom is 0.239 e. The number of benzene rings is 1. The van der Waals surface area contributed by atoms with Crippen LogP contribution in [-0.2, 0) is 9.53 Å². The molecule has 0 radical (unpaired) electrons. The normalized spacial score (nSPS) is 17.4. The molecule has 0 spiro atoms. The fourth-order valence-electron chi connectivity index (χ4n) is 1.77. The number of carbonyl (C=O) groups is 1. The molecule has 1 amide bonds. The molecular weight excluding hydrogens is 242 g/mol. The summed E-state index contributed by atoms with van der Waals surface area (Å²) >= 11 is 5.79. The number of aliphatic hydroxyl groups excluding tert-OH is 1. The summed E-state index contributed by atoms with van der Waals surface area (Å²) in [5.41, 5.74) is -0.0203. The van der Waals surface area contributed by atoms with E-state index in [1.807, 2.05) is 0 Å².